The molecule has 0 amide bonds. The van der Waals surface area contributed by atoms with E-state index in [0.717, 1.165) is 18.5 Å². The second-order valence-corrected chi connectivity index (χ2v) is 5.04. The zero-order valence-electron chi connectivity index (χ0n) is 8.55. The van der Waals surface area contributed by atoms with E-state index in [4.69, 9.17) is 5.73 Å². The standard InChI is InChI=1S/C12H15BrFN/c13-12-9(2-1-3-11(12)14)6-8-4-5-10(8)7-15/h1-3,8,10H,4-7,15H2. The molecule has 82 valence electrons. The van der Waals surface area contributed by atoms with E-state index in [2.05, 4.69) is 15.9 Å². The van der Waals surface area contributed by atoms with Crippen molar-refractivity contribution in [3.05, 3.63) is 34.1 Å². The summed E-state index contributed by atoms with van der Waals surface area (Å²) in [6.07, 6.45) is 3.40. The lowest BCUT2D eigenvalue weighted by Gasteiger charge is -2.36. The van der Waals surface area contributed by atoms with E-state index in [-0.39, 0.29) is 5.82 Å². The van der Waals surface area contributed by atoms with E-state index in [9.17, 15) is 4.39 Å². The molecule has 0 radical (unpaired) electrons. The summed E-state index contributed by atoms with van der Waals surface area (Å²) in [5.41, 5.74) is 6.73. The van der Waals surface area contributed by atoms with Crippen molar-refractivity contribution in [2.75, 3.05) is 6.54 Å². The Bertz CT molecular complexity index is 351. The van der Waals surface area contributed by atoms with Crippen molar-refractivity contribution in [3.8, 4) is 0 Å². The van der Waals surface area contributed by atoms with Crippen LogP contribution in [-0.4, -0.2) is 6.54 Å². The Kier molecular flexibility index (Phi) is 3.42. The minimum atomic E-state index is -0.170. The number of rotatable bonds is 3. The molecule has 1 aliphatic carbocycles. The molecule has 2 rings (SSSR count). The Hall–Kier alpha value is -0.410. The summed E-state index contributed by atoms with van der Waals surface area (Å²) in [5.74, 6) is 1.12. The highest BCUT2D eigenvalue weighted by molar-refractivity contribution is 9.10. The fourth-order valence-electron chi connectivity index (χ4n) is 2.21. The van der Waals surface area contributed by atoms with Crippen LogP contribution in [0, 0.1) is 17.7 Å². The highest BCUT2D eigenvalue weighted by Gasteiger charge is 2.29. The predicted molar refractivity (Wildman–Crippen MR) is 63.1 cm³/mol. The molecule has 0 aliphatic heterocycles. The van der Waals surface area contributed by atoms with Crippen LogP contribution in [0.25, 0.3) is 0 Å². The third kappa shape index (κ3) is 2.23. The normalized spacial score (nSPS) is 25.0. The van der Waals surface area contributed by atoms with Gasteiger partial charge in [-0.3, -0.25) is 0 Å². The molecule has 0 aromatic heterocycles. The van der Waals surface area contributed by atoms with Crippen LogP contribution in [0.15, 0.2) is 22.7 Å². The van der Waals surface area contributed by atoms with Gasteiger partial charge in [-0.15, -0.1) is 0 Å². The van der Waals surface area contributed by atoms with Crippen LogP contribution >= 0.6 is 15.9 Å². The second kappa shape index (κ2) is 4.62. The molecule has 1 aromatic carbocycles. The van der Waals surface area contributed by atoms with E-state index in [1.165, 1.54) is 18.9 Å². The van der Waals surface area contributed by atoms with Gasteiger partial charge in [-0.2, -0.15) is 0 Å². The molecule has 1 aromatic rings. The van der Waals surface area contributed by atoms with Gasteiger partial charge in [-0.25, -0.2) is 4.39 Å². The van der Waals surface area contributed by atoms with Crippen molar-refractivity contribution in [1.29, 1.82) is 0 Å². The molecule has 1 nitrogen and oxygen atoms in total. The van der Waals surface area contributed by atoms with Crippen molar-refractivity contribution < 1.29 is 4.39 Å². The van der Waals surface area contributed by atoms with Gasteiger partial charge < -0.3 is 5.73 Å². The minimum Gasteiger partial charge on any atom is -0.330 e. The molecule has 15 heavy (non-hydrogen) atoms. The van der Waals surface area contributed by atoms with Gasteiger partial charge in [0.05, 0.1) is 4.47 Å². The van der Waals surface area contributed by atoms with Crippen LogP contribution in [0.2, 0.25) is 0 Å². The van der Waals surface area contributed by atoms with Crippen LogP contribution in [0.4, 0.5) is 4.39 Å². The van der Waals surface area contributed by atoms with E-state index in [1.807, 2.05) is 6.07 Å². The Morgan fingerprint density at radius 1 is 1.33 bits per heavy atom. The zero-order chi connectivity index (χ0) is 10.8. The Labute approximate surface area is 98.0 Å². The van der Waals surface area contributed by atoms with Crippen molar-refractivity contribution >= 4 is 15.9 Å². The predicted octanol–water partition coefficient (Wildman–Crippen LogP) is 3.12. The van der Waals surface area contributed by atoms with E-state index < -0.39 is 0 Å². The number of hydrogen-bond donors (Lipinski definition) is 1. The summed E-state index contributed by atoms with van der Waals surface area (Å²) in [6, 6.07) is 5.24. The lowest BCUT2D eigenvalue weighted by atomic mass is 9.71. The molecule has 0 heterocycles. The molecule has 1 saturated carbocycles. The molecule has 3 heteroatoms. The molecule has 0 bridgehead atoms. The van der Waals surface area contributed by atoms with Crippen molar-refractivity contribution in [2.45, 2.75) is 19.3 Å². The van der Waals surface area contributed by atoms with Crippen LogP contribution in [0.5, 0.6) is 0 Å². The van der Waals surface area contributed by atoms with Crippen LogP contribution in [0.3, 0.4) is 0 Å². The Morgan fingerprint density at radius 3 is 2.67 bits per heavy atom. The van der Waals surface area contributed by atoms with Gasteiger partial charge in [0, 0.05) is 0 Å². The first kappa shape index (κ1) is 11.1. The van der Waals surface area contributed by atoms with Gasteiger partial charge in [-0.05, 0) is 65.2 Å². The van der Waals surface area contributed by atoms with Crippen molar-refractivity contribution in [3.63, 3.8) is 0 Å². The maximum atomic E-state index is 13.3. The third-order valence-corrected chi connectivity index (χ3v) is 4.28. The molecule has 1 aliphatic rings. The number of benzene rings is 1. The number of halogens is 2. The zero-order valence-corrected chi connectivity index (χ0v) is 10.1. The first-order valence-electron chi connectivity index (χ1n) is 5.35. The SMILES string of the molecule is NCC1CCC1Cc1cccc(F)c1Br. The van der Waals surface area contributed by atoms with Gasteiger partial charge in [0.2, 0.25) is 0 Å². The fourth-order valence-corrected chi connectivity index (χ4v) is 2.63. The van der Waals surface area contributed by atoms with E-state index >= 15 is 0 Å². The Morgan fingerprint density at radius 2 is 2.07 bits per heavy atom. The highest BCUT2D eigenvalue weighted by atomic mass is 79.9. The number of hydrogen-bond acceptors (Lipinski definition) is 1. The van der Waals surface area contributed by atoms with Crippen molar-refractivity contribution in [2.24, 2.45) is 17.6 Å². The first-order chi connectivity index (χ1) is 7.22. The van der Waals surface area contributed by atoms with E-state index in [0.29, 0.717) is 16.3 Å². The summed E-state index contributed by atoms with van der Waals surface area (Å²) in [6.45, 7) is 0.762. The van der Waals surface area contributed by atoms with E-state index in [1.54, 1.807) is 6.07 Å². The maximum Gasteiger partial charge on any atom is 0.137 e. The quantitative estimate of drug-likeness (QED) is 0.898. The summed E-state index contributed by atoms with van der Waals surface area (Å²) >= 11 is 3.30. The second-order valence-electron chi connectivity index (χ2n) is 4.25. The largest absolute Gasteiger partial charge is 0.330 e. The van der Waals surface area contributed by atoms with Crippen LogP contribution in [0.1, 0.15) is 18.4 Å². The average Bonchev–Trinajstić information content (AvgIpc) is 2.19. The molecule has 2 N–H and O–H groups in total. The Balaban J connectivity index is 2.08. The molecule has 0 spiro atoms. The van der Waals surface area contributed by atoms with Crippen LogP contribution in [-0.2, 0) is 6.42 Å². The molecular formula is C12H15BrFN. The molecular weight excluding hydrogens is 257 g/mol. The first-order valence-corrected chi connectivity index (χ1v) is 6.14. The molecule has 2 unspecified atom stereocenters. The monoisotopic (exact) mass is 271 g/mol. The topological polar surface area (TPSA) is 26.0 Å². The van der Waals surface area contributed by atoms with Crippen LogP contribution < -0.4 is 5.73 Å². The van der Waals surface area contributed by atoms with Gasteiger partial charge in [0.1, 0.15) is 5.82 Å². The molecule has 2 atom stereocenters. The smallest absolute Gasteiger partial charge is 0.137 e. The molecule has 0 saturated heterocycles. The lowest BCUT2D eigenvalue weighted by Crippen LogP contribution is -2.33. The van der Waals surface area contributed by atoms with Gasteiger partial charge in [0.25, 0.3) is 0 Å². The van der Waals surface area contributed by atoms with Crippen molar-refractivity contribution in [1.82, 2.24) is 0 Å². The summed E-state index contributed by atoms with van der Waals surface area (Å²) < 4.78 is 13.9. The fraction of sp³-hybridized carbons (Fsp3) is 0.500. The summed E-state index contributed by atoms with van der Waals surface area (Å²) in [7, 11) is 0. The maximum absolute atomic E-state index is 13.3. The third-order valence-electron chi connectivity index (χ3n) is 3.39. The summed E-state index contributed by atoms with van der Waals surface area (Å²) in [4.78, 5) is 0. The average molecular weight is 272 g/mol. The highest BCUT2D eigenvalue weighted by Crippen LogP contribution is 2.37. The number of nitrogens with two attached hydrogens (primary N) is 1. The molecule has 1 fully saturated rings. The summed E-state index contributed by atoms with van der Waals surface area (Å²) in [5, 5.41) is 0. The lowest BCUT2D eigenvalue weighted by molar-refractivity contribution is 0.183. The van der Waals surface area contributed by atoms with Gasteiger partial charge in [0.15, 0.2) is 0 Å². The minimum absolute atomic E-state index is 0.170. The van der Waals surface area contributed by atoms with Gasteiger partial charge >= 0.3 is 0 Å². The van der Waals surface area contributed by atoms with Gasteiger partial charge in [-0.1, -0.05) is 12.1 Å².